The summed E-state index contributed by atoms with van der Waals surface area (Å²) in [5.41, 5.74) is 1.92. The smallest absolute Gasteiger partial charge is 0.249 e. The first-order valence-electron chi connectivity index (χ1n) is 10.9. The first-order chi connectivity index (χ1) is 15.5. The van der Waals surface area contributed by atoms with E-state index in [0.29, 0.717) is 28.7 Å². The Hall–Kier alpha value is -2.90. The summed E-state index contributed by atoms with van der Waals surface area (Å²) in [7, 11) is 0. The largest absolute Gasteiger partial charge is 0.478 e. The number of pyridine rings is 2. The third-order valence-electron chi connectivity index (χ3n) is 5.73. The molecule has 3 heterocycles. The molecule has 7 nitrogen and oxygen atoms in total. The van der Waals surface area contributed by atoms with Gasteiger partial charge in [0.1, 0.15) is 5.65 Å². The van der Waals surface area contributed by atoms with E-state index >= 15 is 0 Å². The van der Waals surface area contributed by atoms with Gasteiger partial charge < -0.3 is 14.6 Å². The molecule has 0 bridgehead atoms. The molecule has 0 radical (unpaired) electrons. The Balaban J connectivity index is 1.20. The van der Waals surface area contributed by atoms with Crippen LogP contribution in [0.5, 0.6) is 5.88 Å². The highest BCUT2D eigenvalue weighted by Gasteiger charge is 2.21. The van der Waals surface area contributed by atoms with Gasteiger partial charge in [0, 0.05) is 49.4 Å². The summed E-state index contributed by atoms with van der Waals surface area (Å²) in [6, 6.07) is 12.6. The van der Waals surface area contributed by atoms with Gasteiger partial charge in [-0.15, -0.1) is 0 Å². The molecule has 3 aromatic rings. The van der Waals surface area contributed by atoms with Crippen LogP contribution in [-0.2, 0) is 0 Å². The van der Waals surface area contributed by atoms with E-state index in [1.165, 1.54) is 6.07 Å². The molecular formula is C24H27ClN4O3. The van der Waals surface area contributed by atoms with E-state index in [1.807, 2.05) is 24.3 Å². The maximum absolute atomic E-state index is 12.0. The van der Waals surface area contributed by atoms with E-state index in [1.54, 1.807) is 19.1 Å². The van der Waals surface area contributed by atoms with Crippen molar-refractivity contribution in [1.82, 2.24) is 14.9 Å². The Morgan fingerprint density at radius 1 is 1.09 bits per heavy atom. The molecule has 1 saturated heterocycles. The molecular weight excluding hydrogens is 428 g/mol. The Kier molecular flexibility index (Phi) is 7.07. The molecule has 0 amide bonds. The maximum Gasteiger partial charge on any atom is 0.249 e. The number of ketones is 1. The highest BCUT2D eigenvalue weighted by molar-refractivity contribution is 6.34. The fraction of sp³-hybridized carbons (Fsp3) is 0.375. The predicted octanol–water partition coefficient (Wildman–Crippen LogP) is 3.76. The van der Waals surface area contributed by atoms with Crippen molar-refractivity contribution in [2.75, 3.05) is 44.2 Å². The summed E-state index contributed by atoms with van der Waals surface area (Å²) in [6.45, 7) is 6.79. The van der Waals surface area contributed by atoms with E-state index in [0.717, 1.165) is 56.6 Å². The third kappa shape index (κ3) is 5.29. The van der Waals surface area contributed by atoms with E-state index in [2.05, 4.69) is 19.8 Å². The summed E-state index contributed by atoms with van der Waals surface area (Å²) in [4.78, 5) is 35.2. The number of unbranched alkanes of at least 4 members (excludes halogenated alkanes) is 1. The van der Waals surface area contributed by atoms with Crippen LogP contribution in [0.1, 0.15) is 30.1 Å². The van der Waals surface area contributed by atoms with Crippen molar-refractivity contribution in [3.05, 3.63) is 63.4 Å². The van der Waals surface area contributed by atoms with Crippen molar-refractivity contribution in [2.45, 2.75) is 19.8 Å². The lowest BCUT2D eigenvalue weighted by Gasteiger charge is -2.37. The number of fused-ring (bicyclic) bond motifs is 1. The van der Waals surface area contributed by atoms with Crippen LogP contribution in [0, 0.1) is 0 Å². The highest BCUT2D eigenvalue weighted by Crippen LogP contribution is 2.28. The number of aromatic nitrogens is 2. The fourth-order valence-corrected chi connectivity index (χ4v) is 4.34. The number of hydrogen-bond acceptors (Lipinski definition) is 6. The van der Waals surface area contributed by atoms with Gasteiger partial charge in [-0.05, 0) is 50.6 Å². The van der Waals surface area contributed by atoms with Crippen molar-refractivity contribution in [1.29, 1.82) is 0 Å². The molecule has 1 N–H and O–H groups in total. The average Bonchev–Trinajstić information content (AvgIpc) is 2.78. The fourth-order valence-electron chi connectivity index (χ4n) is 4.04. The summed E-state index contributed by atoms with van der Waals surface area (Å²) >= 11 is 6.26. The number of nitrogens with zero attached hydrogens (tertiary/aromatic N) is 3. The summed E-state index contributed by atoms with van der Waals surface area (Å²) in [5.74, 6) is 0.524. The Labute approximate surface area is 192 Å². The quantitative estimate of drug-likeness (QED) is 0.412. The van der Waals surface area contributed by atoms with Crippen LogP contribution in [0.25, 0.3) is 11.0 Å². The molecule has 2 aromatic heterocycles. The van der Waals surface area contributed by atoms with Gasteiger partial charge in [0.15, 0.2) is 5.78 Å². The number of hydrogen-bond donors (Lipinski definition) is 1. The minimum absolute atomic E-state index is 0.000270. The molecule has 8 heteroatoms. The van der Waals surface area contributed by atoms with Gasteiger partial charge in [-0.25, -0.2) is 0 Å². The Morgan fingerprint density at radius 2 is 1.88 bits per heavy atom. The minimum atomic E-state index is -0.171. The molecule has 168 valence electrons. The number of benzene rings is 1. The number of ether oxygens (including phenoxy) is 1. The summed E-state index contributed by atoms with van der Waals surface area (Å²) in [6.07, 6.45) is 1.95. The molecule has 0 aliphatic carbocycles. The summed E-state index contributed by atoms with van der Waals surface area (Å²) < 4.78 is 5.76. The van der Waals surface area contributed by atoms with Crippen molar-refractivity contribution in [2.24, 2.45) is 0 Å². The van der Waals surface area contributed by atoms with Crippen LogP contribution in [-0.4, -0.2) is 60.0 Å². The van der Waals surface area contributed by atoms with E-state index in [-0.39, 0.29) is 11.3 Å². The molecule has 1 aromatic carbocycles. The molecule has 32 heavy (non-hydrogen) atoms. The number of Topliss-reactive ketones (excluding diaryl/α,β-unsaturated/α-hetero) is 1. The number of carbonyl (C=O) groups is 1. The predicted molar refractivity (Wildman–Crippen MR) is 127 cm³/mol. The van der Waals surface area contributed by atoms with E-state index in [4.69, 9.17) is 16.3 Å². The van der Waals surface area contributed by atoms with Gasteiger partial charge in [0.2, 0.25) is 11.4 Å². The topological polar surface area (TPSA) is 78.5 Å². The van der Waals surface area contributed by atoms with Crippen molar-refractivity contribution in [3.63, 3.8) is 0 Å². The number of anilines is 1. The third-order valence-corrected chi connectivity index (χ3v) is 6.05. The van der Waals surface area contributed by atoms with Crippen LogP contribution >= 0.6 is 11.6 Å². The zero-order valence-electron chi connectivity index (χ0n) is 18.1. The van der Waals surface area contributed by atoms with Crippen molar-refractivity contribution in [3.8, 4) is 5.88 Å². The number of carbonyl (C=O) groups excluding carboxylic acids is 1. The molecule has 0 atom stereocenters. The molecule has 1 aliphatic rings. The molecule has 1 aliphatic heterocycles. The van der Waals surface area contributed by atoms with Gasteiger partial charge >= 0.3 is 0 Å². The second-order valence-electron chi connectivity index (χ2n) is 7.98. The van der Waals surface area contributed by atoms with Crippen LogP contribution in [0.2, 0.25) is 5.02 Å². The minimum Gasteiger partial charge on any atom is -0.478 e. The lowest BCUT2D eigenvalue weighted by atomic mass is 10.1. The normalized spacial score (nSPS) is 14.6. The molecule has 0 saturated carbocycles. The maximum atomic E-state index is 12.0. The zero-order chi connectivity index (χ0) is 22.5. The Morgan fingerprint density at radius 3 is 2.66 bits per heavy atom. The van der Waals surface area contributed by atoms with Crippen molar-refractivity contribution >= 4 is 34.1 Å². The number of piperazine rings is 1. The number of rotatable bonds is 8. The highest BCUT2D eigenvalue weighted by atomic mass is 35.5. The van der Waals surface area contributed by atoms with Gasteiger partial charge in [0.25, 0.3) is 0 Å². The SMILES string of the molecule is CC(=O)c1c(Cl)cccc1N1CCN(CCCCOc2ccc3ccc(=O)[nH]c3n2)CC1. The second-order valence-corrected chi connectivity index (χ2v) is 8.39. The molecule has 0 unspecified atom stereocenters. The Bertz CT molecular complexity index is 1160. The van der Waals surface area contributed by atoms with E-state index < -0.39 is 0 Å². The number of nitrogens with one attached hydrogen (secondary N) is 1. The first-order valence-corrected chi connectivity index (χ1v) is 11.3. The number of aromatic amines is 1. The summed E-state index contributed by atoms with van der Waals surface area (Å²) in [5, 5.41) is 1.40. The molecule has 4 rings (SSSR count). The standard InChI is InChI=1S/C24H27ClN4O3/c1-17(30)23-19(25)5-4-6-20(23)29-14-12-28(13-15-29)11-2-3-16-32-22-10-8-18-7-9-21(31)26-24(18)27-22/h4-10H,2-3,11-16H2,1H3,(H,26,27,31). The van der Waals surface area contributed by atoms with Gasteiger partial charge in [0.05, 0.1) is 17.2 Å². The lowest BCUT2D eigenvalue weighted by molar-refractivity contribution is 0.101. The van der Waals surface area contributed by atoms with Crippen LogP contribution in [0.3, 0.4) is 0 Å². The van der Waals surface area contributed by atoms with E-state index in [9.17, 15) is 9.59 Å². The molecule has 1 fully saturated rings. The second kappa shape index (κ2) is 10.1. The average molecular weight is 455 g/mol. The monoisotopic (exact) mass is 454 g/mol. The van der Waals surface area contributed by atoms with Gasteiger partial charge in [-0.1, -0.05) is 17.7 Å². The van der Waals surface area contributed by atoms with Crippen LogP contribution in [0.4, 0.5) is 5.69 Å². The van der Waals surface area contributed by atoms with Crippen molar-refractivity contribution < 1.29 is 9.53 Å². The lowest BCUT2D eigenvalue weighted by Crippen LogP contribution is -2.47. The first kappa shape index (κ1) is 22.3. The number of halogens is 1. The zero-order valence-corrected chi connectivity index (χ0v) is 18.9. The van der Waals surface area contributed by atoms with Gasteiger partial charge in [-0.3, -0.25) is 14.5 Å². The van der Waals surface area contributed by atoms with Crippen LogP contribution < -0.4 is 15.2 Å². The number of H-pyrrole nitrogens is 1. The molecule has 0 spiro atoms. The van der Waals surface area contributed by atoms with Gasteiger partial charge in [-0.2, -0.15) is 4.98 Å². The van der Waals surface area contributed by atoms with Crippen LogP contribution in [0.15, 0.2) is 47.3 Å².